The van der Waals surface area contributed by atoms with Crippen LogP contribution in [-0.2, 0) is 4.74 Å². The summed E-state index contributed by atoms with van der Waals surface area (Å²) >= 11 is 0. The first-order valence-electron chi connectivity index (χ1n) is 7.83. The molecule has 25 heavy (non-hydrogen) atoms. The first kappa shape index (κ1) is 18.3. The average molecular weight is 345 g/mol. The number of nitro groups is 1. The molecule has 1 aromatic carbocycles. The minimum absolute atomic E-state index is 0.0778. The lowest BCUT2D eigenvalue weighted by Crippen LogP contribution is -2.22. The molecular formula is C17H19N3O5. The smallest absolute Gasteiger partial charge is 0.345 e. The van der Waals surface area contributed by atoms with E-state index in [1.54, 1.807) is 26.0 Å². The van der Waals surface area contributed by atoms with Crippen LogP contribution in [-0.4, -0.2) is 27.5 Å². The van der Waals surface area contributed by atoms with E-state index in [-0.39, 0.29) is 29.5 Å². The van der Waals surface area contributed by atoms with Crippen molar-refractivity contribution in [3.05, 3.63) is 55.6 Å². The second-order valence-corrected chi connectivity index (χ2v) is 5.81. The quantitative estimate of drug-likeness (QED) is 0.506. The van der Waals surface area contributed by atoms with E-state index in [9.17, 15) is 19.7 Å². The number of hydrogen-bond donors (Lipinski definition) is 1. The van der Waals surface area contributed by atoms with E-state index in [0.29, 0.717) is 16.8 Å². The number of aromatic nitrogens is 2. The van der Waals surface area contributed by atoms with Gasteiger partial charge in [0.25, 0.3) is 5.69 Å². The summed E-state index contributed by atoms with van der Waals surface area (Å²) in [4.78, 5) is 41.5. The molecule has 8 nitrogen and oxygen atoms in total. The molecule has 0 aliphatic carbocycles. The number of nitro benzene ring substituents is 1. The Kier molecular flexibility index (Phi) is 5.31. The minimum Gasteiger partial charge on any atom is -0.462 e. The van der Waals surface area contributed by atoms with Crippen molar-refractivity contribution >= 4 is 11.7 Å². The van der Waals surface area contributed by atoms with Crippen LogP contribution in [0.25, 0.3) is 11.3 Å². The van der Waals surface area contributed by atoms with Crippen molar-refractivity contribution in [2.45, 2.75) is 33.6 Å². The standard InChI is InChI=1S/C17H19N3O5/c1-5-25-16(21)13-14(9(2)3)18-17(22)19-15(13)11-7-6-10(4)12(8-11)20(23)24/h6-9H,5H2,1-4H3,(H,18,19,22). The van der Waals surface area contributed by atoms with Crippen LogP contribution in [0.15, 0.2) is 23.0 Å². The zero-order valence-electron chi connectivity index (χ0n) is 14.5. The molecule has 0 aliphatic heterocycles. The van der Waals surface area contributed by atoms with E-state index >= 15 is 0 Å². The summed E-state index contributed by atoms with van der Waals surface area (Å²) in [5, 5.41) is 11.2. The van der Waals surface area contributed by atoms with Crippen molar-refractivity contribution < 1.29 is 14.5 Å². The van der Waals surface area contributed by atoms with Gasteiger partial charge in [-0.15, -0.1) is 0 Å². The fourth-order valence-corrected chi connectivity index (χ4v) is 2.50. The summed E-state index contributed by atoms with van der Waals surface area (Å²) in [6.45, 7) is 7.06. The van der Waals surface area contributed by atoms with E-state index in [2.05, 4.69) is 9.97 Å². The molecule has 0 saturated carbocycles. The zero-order valence-corrected chi connectivity index (χ0v) is 14.5. The molecule has 0 radical (unpaired) electrons. The molecule has 0 bridgehead atoms. The van der Waals surface area contributed by atoms with Crippen molar-refractivity contribution in [2.75, 3.05) is 6.61 Å². The second kappa shape index (κ2) is 7.25. The molecule has 0 amide bonds. The number of hydrogen-bond acceptors (Lipinski definition) is 6. The summed E-state index contributed by atoms with van der Waals surface area (Å²) in [6, 6.07) is 4.46. The highest BCUT2D eigenvalue weighted by Crippen LogP contribution is 2.30. The maximum atomic E-state index is 12.4. The summed E-state index contributed by atoms with van der Waals surface area (Å²) in [5.41, 5.74) is 0.629. The fourth-order valence-electron chi connectivity index (χ4n) is 2.50. The molecule has 0 saturated heterocycles. The van der Waals surface area contributed by atoms with E-state index in [4.69, 9.17) is 4.74 Å². The molecule has 0 fully saturated rings. The summed E-state index contributed by atoms with van der Waals surface area (Å²) < 4.78 is 5.09. The lowest BCUT2D eigenvalue weighted by Gasteiger charge is -2.15. The zero-order chi connectivity index (χ0) is 18.7. The molecule has 132 valence electrons. The molecule has 0 atom stereocenters. The Labute approximate surface area is 144 Å². The van der Waals surface area contributed by atoms with Gasteiger partial charge in [-0.2, -0.15) is 4.98 Å². The van der Waals surface area contributed by atoms with Crippen LogP contribution < -0.4 is 5.69 Å². The van der Waals surface area contributed by atoms with E-state index in [1.807, 2.05) is 13.8 Å². The third kappa shape index (κ3) is 3.73. The molecule has 1 N–H and O–H groups in total. The molecule has 0 unspecified atom stereocenters. The van der Waals surface area contributed by atoms with Crippen LogP contribution in [0.4, 0.5) is 5.69 Å². The molecule has 1 aromatic heterocycles. The van der Waals surface area contributed by atoms with Crippen LogP contribution in [0.2, 0.25) is 0 Å². The Morgan fingerprint density at radius 3 is 2.64 bits per heavy atom. The van der Waals surface area contributed by atoms with Gasteiger partial charge in [0.05, 0.1) is 17.2 Å². The minimum atomic E-state index is -0.631. The molecule has 0 spiro atoms. The number of carbonyl (C=O) groups excluding carboxylic acids is 1. The van der Waals surface area contributed by atoms with E-state index in [1.165, 1.54) is 6.07 Å². The van der Waals surface area contributed by atoms with Crippen molar-refractivity contribution in [3.63, 3.8) is 0 Å². The number of nitrogens with zero attached hydrogens (tertiary/aromatic N) is 2. The van der Waals surface area contributed by atoms with E-state index in [0.717, 1.165) is 0 Å². The maximum Gasteiger partial charge on any atom is 0.345 e. The second-order valence-electron chi connectivity index (χ2n) is 5.81. The molecule has 2 aromatic rings. The SMILES string of the molecule is CCOC(=O)c1c(-c2ccc(C)c([N+](=O)[O-])c2)nc(=O)[nH]c1C(C)C. The number of esters is 1. The Bertz CT molecular complexity index is 886. The number of benzene rings is 1. The topological polar surface area (TPSA) is 115 Å². The average Bonchev–Trinajstić information content (AvgIpc) is 2.54. The van der Waals surface area contributed by atoms with Crippen molar-refractivity contribution in [2.24, 2.45) is 0 Å². The lowest BCUT2D eigenvalue weighted by molar-refractivity contribution is -0.385. The molecule has 0 aliphatic rings. The van der Waals surface area contributed by atoms with Gasteiger partial charge in [0.15, 0.2) is 0 Å². The van der Waals surface area contributed by atoms with Gasteiger partial charge >= 0.3 is 11.7 Å². The summed E-state index contributed by atoms with van der Waals surface area (Å²) in [7, 11) is 0. The highest BCUT2D eigenvalue weighted by atomic mass is 16.6. The van der Waals surface area contributed by atoms with Crippen LogP contribution >= 0.6 is 0 Å². The van der Waals surface area contributed by atoms with Crippen LogP contribution in [0.5, 0.6) is 0 Å². The Balaban J connectivity index is 2.80. The van der Waals surface area contributed by atoms with Gasteiger partial charge in [0.1, 0.15) is 5.56 Å². The largest absolute Gasteiger partial charge is 0.462 e. The van der Waals surface area contributed by atoms with Gasteiger partial charge in [-0.1, -0.05) is 26.0 Å². The summed E-state index contributed by atoms with van der Waals surface area (Å²) in [6.07, 6.45) is 0. The van der Waals surface area contributed by atoms with Crippen molar-refractivity contribution in [1.29, 1.82) is 0 Å². The first-order valence-corrected chi connectivity index (χ1v) is 7.83. The molecule has 1 heterocycles. The Morgan fingerprint density at radius 1 is 1.40 bits per heavy atom. The molecule has 2 rings (SSSR count). The Morgan fingerprint density at radius 2 is 2.08 bits per heavy atom. The first-order chi connectivity index (χ1) is 11.8. The number of carbonyl (C=O) groups is 1. The number of nitrogens with one attached hydrogen (secondary N) is 1. The van der Waals surface area contributed by atoms with E-state index < -0.39 is 16.6 Å². The van der Waals surface area contributed by atoms with Crippen LogP contribution in [0, 0.1) is 17.0 Å². The number of ether oxygens (including phenoxy) is 1. The molecular weight excluding hydrogens is 326 g/mol. The van der Waals surface area contributed by atoms with Gasteiger partial charge in [0.2, 0.25) is 0 Å². The number of H-pyrrole nitrogens is 1. The highest BCUT2D eigenvalue weighted by molar-refractivity contribution is 5.97. The predicted molar refractivity (Wildman–Crippen MR) is 91.7 cm³/mol. The fraction of sp³-hybridized carbons (Fsp3) is 0.353. The monoisotopic (exact) mass is 345 g/mol. The Hall–Kier alpha value is -3.03. The van der Waals surface area contributed by atoms with Gasteiger partial charge < -0.3 is 9.72 Å². The van der Waals surface area contributed by atoms with Crippen LogP contribution in [0.1, 0.15) is 48.3 Å². The van der Waals surface area contributed by atoms with Gasteiger partial charge in [-0.05, 0) is 19.8 Å². The normalized spacial score (nSPS) is 10.8. The summed E-state index contributed by atoms with van der Waals surface area (Å²) in [5.74, 6) is -0.803. The predicted octanol–water partition coefficient (Wildman–Crippen LogP) is 2.95. The maximum absolute atomic E-state index is 12.4. The van der Waals surface area contributed by atoms with Gasteiger partial charge in [-0.3, -0.25) is 10.1 Å². The lowest BCUT2D eigenvalue weighted by atomic mass is 9.97. The number of aromatic amines is 1. The van der Waals surface area contributed by atoms with Crippen LogP contribution in [0.3, 0.4) is 0 Å². The highest BCUT2D eigenvalue weighted by Gasteiger charge is 2.25. The number of rotatable bonds is 5. The molecule has 8 heteroatoms. The number of aryl methyl sites for hydroxylation is 1. The van der Waals surface area contributed by atoms with Gasteiger partial charge in [0, 0.05) is 22.9 Å². The van der Waals surface area contributed by atoms with Gasteiger partial charge in [-0.25, -0.2) is 9.59 Å². The van der Waals surface area contributed by atoms with Crippen molar-refractivity contribution in [1.82, 2.24) is 9.97 Å². The van der Waals surface area contributed by atoms with Crippen molar-refractivity contribution in [3.8, 4) is 11.3 Å². The third-order valence-corrected chi connectivity index (χ3v) is 3.70. The third-order valence-electron chi connectivity index (χ3n) is 3.70.